The summed E-state index contributed by atoms with van der Waals surface area (Å²) < 4.78 is 25.1. The Labute approximate surface area is 72.9 Å². The number of sulfonamides is 1. The first-order valence-corrected chi connectivity index (χ1v) is 5.42. The number of rotatable bonds is 5. The van der Waals surface area contributed by atoms with Crippen LogP contribution in [-0.4, -0.2) is 20.1 Å². The molecule has 0 rings (SSSR count). The Kier molecular flexibility index (Phi) is 4.65. The molecule has 0 aromatic heterocycles. The van der Waals surface area contributed by atoms with Gasteiger partial charge in [0.2, 0.25) is 5.96 Å². The fourth-order valence-electron chi connectivity index (χ4n) is 0.741. The van der Waals surface area contributed by atoms with Crippen molar-refractivity contribution in [3.8, 4) is 0 Å². The van der Waals surface area contributed by atoms with Crippen LogP contribution in [0.25, 0.3) is 0 Å². The van der Waals surface area contributed by atoms with Gasteiger partial charge in [0.25, 0.3) is 10.0 Å². The van der Waals surface area contributed by atoms with Gasteiger partial charge in [-0.1, -0.05) is 19.8 Å². The van der Waals surface area contributed by atoms with Crippen LogP contribution < -0.4 is 11.5 Å². The topological polar surface area (TPSA) is 98.5 Å². The fraction of sp³-hybridized carbons (Fsp3) is 0.833. The predicted octanol–water partition coefficient (Wildman–Crippen LogP) is -0.220. The van der Waals surface area contributed by atoms with Crippen LogP contribution in [0, 0.1) is 0 Å². The number of unbranched alkanes of at least 4 members (excludes halogenated alkanes) is 2. The highest BCUT2D eigenvalue weighted by atomic mass is 32.2. The van der Waals surface area contributed by atoms with Gasteiger partial charge in [-0.15, -0.1) is 4.40 Å². The summed E-state index contributed by atoms with van der Waals surface area (Å²) in [6.45, 7) is 1.99. The van der Waals surface area contributed by atoms with Crippen molar-refractivity contribution >= 4 is 16.0 Å². The van der Waals surface area contributed by atoms with Gasteiger partial charge in [-0.25, -0.2) is 8.42 Å². The summed E-state index contributed by atoms with van der Waals surface area (Å²) in [4.78, 5) is 0. The molecular formula is C6H15N3O2S. The van der Waals surface area contributed by atoms with E-state index in [1.807, 2.05) is 6.92 Å². The van der Waals surface area contributed by atoms with E-state index in [0.29, 0.717) is 6.42 Å². The fourth-order valence-corrected chi connectivity index (χ4v) is 1.72. The van der Waals surface area contributed by atoms with E-state index in [4.69, 9.17) is 11.5 Å². The predicted molar refractivity (Wildman–Crippen MR) is 49.1 cm³/mol. The molecule has 0 spiro atoms. The summed E-state index contributed by atoms with van der Waals surface area (Å²) in [5, 5.41) is 0. The number of nitrogens with zero attached hydrogens (tertiary/aromatic N) is 1. The highest BCUT2D eigenvalue weighted by molar-refractivity contribution is 7.90. The van der Waals surface area contributed by atoms with Crippen molar-refractivity contribution in [1.29, 1.82) is 0 Å². The Morgan fingerprint density at radius 2 is 1.92 bits per heavy atom. The standard InChI is InChI=1S/C6H15N3O2S/c1-2-3-4-5-12(10,11)9-6(7)8/h2-5H2,1H3,(H4,7,8,9). The van der Waals surface area contributed by atoms with Crippen LogP contribution in [0.4, 0.5) is 0 Å². The van der Waals surface area contributed by atoms with Gasteiger partial charge in [-0.05, 0) is 6.42 Å². The maximum atomic E-state index is 11.0. The molecule has 0 radical (unpaired) electrons. The van der Waals surface area contributed by atoms with Gasteiger partial charge in [0.1, 0.15) is 0 Å². The second kappa shape index (κ2) is 4.97. The van der Waals surface area contributed by atoms with Crippen molar-refractivity contribution < 1.29 is 8.42 Å². The minimum atomic E-state index is -3.42. The van der Waals surface area contributed by atoms with E-state index < -0.39 is 16.0 Å². The van der Waals surface area contributed by atoms with Gasteiger partial charge in [-0.2, -0.15) is 0 Å². The van der Waals surface area contributed by atoms with E-state index in [-0.39, 0.29) is 5.75 Å². The molecule has 0 aromatic carbocycles. The lowest BCUT2D eigenvalue weighted by Gasteiger charge is -1.97. The van der Waals surface area contributed by atoms with E-state index in [1.165, 1.54) is 0 Å². The first-order valence-electron chi connectivity index (χ1n) is 3.81. The quantitative estimate of drug-likeness (QED) is 0.358. The Morgan fingerprint density at radius 3 is 2.33 bits per heavy atom. The lowest BCUT2D eigenvalue weighted by atomic mass is 10.3. The Bertz CT molecular complexity index is 242. The van der Waals surface area contributed by atoms with Crippen LogP contribution in [0.5, 0.6) is 0 Å². The normalized spacial score (nSPS) is 11.1. The van der Waals surface area contributed by atoms with Crippen LogP contribution in [0.2, 0.25) is 0 Å². The molecule has 0 saturated heterocycles. The zero-order valence-electron chi connectivity index (χ0n) is 7.16. The molecule has 6 heteroatoms. The first-order chi connectivity index (χ1) is 5.48. The van der Waals surface area contributed by atoms with Gasteiger partial charge in [0, 0.05) is 0 Å². The van der Waals surface area contributed by atoms with E-state index in [2.05, 4.69) is 4.40 Å². The SMILES string of the molecule is CCCCCS(=O)(=O)N=C(N)N. The molecule has 0 unspecified atom stereocenters. The van der Waals surface area contributed by atoms with E-state index in [9.17, 15) is 8.42 Å². The summed E-state index contributed by atoms with van der Waals surface area (Å²) in [5.74, 6) is -0.370. The molecule has 0 saturated carbocycles. The van der Waals surface area contributed by atoms with Gasteiger partial charge in [-0.3, -0.25) is 0 Å². The van der Waals surface area contributed by atoms with Crippen LogP contribution in [0.1, 0.15) is 26.2 Å². The average molecular weight is 193 g/mol. The number of hydrogen-bond acceptors (Lipinski definition) is 2. The van der Waals surface area contributed by atoms with Crippen molar-refractivity contribution in [1.82, 2.24) is 0 Å². The van der Waals surface area contributed by atoms with Crippen LogP contribution >= 0.6 is 0 Å². The Morgan fingerprint density at radius 1 is 1.33 bits per heavy atom. The maximum Gasteiger partial charge on any atom is 0.256 e. The summed E-state index contributed by atoms with van der Waals surface area (Å²) in [7, 11) is -3.42. The Balaban J connectivity index is 3.99. The molecule has 12 heavy (non-hydrogen) atoms. The third-order valence-electron chi connectivity index (χ3n) is 1.25. The monoisotopic (exact) mass is 193 g/mol. The van der Waals surface area contributed by atoms with Gasteiger partial charge < -0.3 is 11.5 Å². The van der Waals surface area contributed by atoms with Crippen LogP contribution in [-0.2, 0) is 10.0 Å². The molecule has 0 amide bonds. The molecule has 0 aliphatic carbocycles. The second-order valence-corrected chi connectivity index (χ2v) is 4.26. The van der Waals surface area contributed by atoms with Gasteiger partial charge in [0.05, 0.1) is 5.75 Å². The Hall–Kier alpha value is -0.780. The van der Waals surface area contributed by atoms with E-state index >= 15 is 0 Å². The minimum Gasteiger partial charge on any atom is -0.369 e. The highest BCUT2D eigenvalue weighted by Crippen LogP contribution is 2.00. The van der Waals surface area contributed by atoms with Gasteiger partial charge >= 0.3 is 0 Å². The molecular weight excluding hydrogens is 178 g/mol. The summed E-state index contributed by atoms with van der Waals surface area (Å²) >= 11 is 0. The molecule has 0 heterocycles. The lowest BCUT2D eigenvalue weighted by Crippen LogP contribution is -2.24. The van der Waals surface area contributed by atoms with Crippen molar-refractivity contribution in [2.24, 2.45) is 15.9 Å². The molecule has 4 N–H and O–H groups in total. The summed E-state index contributed by atoms with van der Waals surface area (Å²) in [6, 6.07) is 0. The summed E-state index contributed by atoms with van der Waals surface area (Å²) in [6.07, 6.45) is 2.45. The highest BCUT2D eigenvalue weighted by Gasteiger charge is 2.06. The average Bonchev–Trinajstić information content (AvgIpc) is 1.84. The first kappa shape index (κ1) is 11.2. The van der Waals surface area contributed by atoms with Crippen molar-refractivity contribution in [3.63, 3.8) is 0 Å². The van der Waals surface area contributed by atoms with Gasteiger partial charge in [0.15, 0.2) is 0 Å². The third-order valence-corrected chi connectivity index (χ3v) is 2.54. The second-order valence-electron chi connectivity index (χ2n) is 2.51. The molecule has 0 fully saturated rings. The van der Waals surface area contributed by atoms with Crippen LogP contribution in [0.15, 0.2) is 4.40 Å². The molecule has 0 atom stereocenters. The molecule has 0 aliphatic rings. The lowest BCUT2D eigenvalue weighted by molar-refractivity contribution is 0.593. The minimum absolute atomic E-state index is 0.0265. The number of guanidine groups is 1. The maximum absolute atomic E-state index is 11.0. The number of hydrogen-bond donors (Lipinski definition) is 2. The van der Waals surface area contributed by atoms with E-state index in [0.717, 1.165) is 12.8 Å². The van der Waals surface area contributed by atoms with Crippen LogP contribution in [0.3, 0.4) is 0 Å². The molecule has 72 valence electrons. The van der Waals surface area contributed by atoms with E-state index in [1.54, 1.807) is 0 Å². The van der Waals surface area contributed by atoms with Crippen molar-refractivity contribution in [3.05, 3.63) is 0 Å². The zero-order chi connectivity index (χ0) is 9.61. The smallest absolute Gasteiger partial charge is 0.256 e. The molecule has 0 bridgehead atoms. The molecule has 0 aromatic rings. The zero-order valence-corrected chi connectivity index (χ0v) is 7.97. The van der Waals surface area contributed by atoms with Crippen molar-refractivity contribution in [2.75, 3.05) is 5.75 Å². The third kappa shape index (κ3) is 5.96. The largest absolute Gasteiger partial charge is 0.369 e. The van der Waals surface area contributed by atoms with Crippen molar-refractivity contribution in [2.45, 2.75) is 26.2 Å². The molecule has 0 aliphatic heterocycles. The summed E-state index contributed by atoms with van der Waals surface area (Å²) in [5.41, 5.74) is 9.86. The molecule has 5 nitrogen and oxygen atoms in total. The number of nitrogens with two attached hydrogens (primary N) is 2.